The number of amides is 1. The Morgan fingerprint density at radius 1 is 0.897 bits per heavy atom. The van der Waals surface area contributed by atoms with E-state index in [1.54, 1.807) is 11.3 Å². The predicted octanol–water partition coefficient (Wildman–Crippen LogP) is 4.69. The van der Waals surface area contributed by atoms with Gasteiger partial charge in [-0.1, -0.05) is 42.5 Å². The van der Waals surface area contributed by atoms with E-state index in [-0.39, 0.29) is 11.8 Å². The Balaban J connectivity index is 1.31. The Bertz CT molecular complexity index is 988. The number of rotatable bonds is 3. The number of anilines is 1. The second-order valence-electron chi connectivity index (χ2n) is 7.82. The van der Waals surface area contributed by atoms with Crippen molar-refractivity contribution in [2.75, 3.05) is 31.1 Å². The average Bonchev–Trinajstić information content (AvgIpc) is 3.23. The molecule has 1 amide bonds. The van der Waals surface area contributed by atoms with Crippen LogP contribution in [0.3, 0.4) is 0 Å². The van der Waals surface area contributed by atoms with Crippen LogP contribution in [0.1, 0.15) is 23.8 Å². The number of fused-ring (bicyclic) bond motifs is 1. The van der Waals surface area contributed by atoms with Crippen LogP contribution in [0.4, 0.5) is 5.69 Å². The Kier molecular flexibility index (Phi) is 5.06. The van der Waals surface area contributed by atoms with Crippen molar-refractivity contribution < 1.29 is 4.79 Å². The summed E-state index contributed by atoms with van der Waals surface area (Å²) < 4.78 is 1.21. The minimum absolute atomic E-state index is 0.00355. The van der Waals surface area contributed by atoms with Crippen LogP contribution in [-0.4, -0.2) is 42.0 Å². The number of carbonyl (C=O) groups is 1. The summed E-state index contributed by atoms with van der Waals surface area (Å²) in [6.45, 7) is 3.37. The van der Waals surface area contributed by atoms with Gasteiger partial charge in [0.05, 0.1) is 21.1 Å². The Hall–Kier alpha value is -2.66. The van der Waals surface area contributed by atoms with Crippen molar-refractivity contribution in [3.8, 4) is 0 Å². The van der Waals surface area contributed by atoms with E-state index >= 15 is 0 Å². The fraction of sp³-hybridized carbons (Fsp3) is 0.333. The number of aromatic nitrogens is 1. The minimum atomic E-state index is 0.00355. The Morgan fingerprint density at radius 3 is 2.41 bits per heavy atom. The van der Waals surface area contributed by atoms with Crippen molar-refractivity contribution in [3.63, 3.8) is 0 Å². The predicted molar refractivity (Wildman–Crippen MR) is 119 cm³/mol. The molecule has 3 aromatic rings. The number of para-hydroxylation sites is 2. The Morgan fingerprint density at radius 2 is 1.62 bits per heavy atom. The number of allylic oxidation sites excluding steroid dienone is 2. The number of hydrogen-bond donors (Lipinski definition) is 0. The lowest BCUT2D eigenvalue weighted by atomic mass is 9.82. The summed E-state index contributed by atoms with van der Waals surface area (Å²) in [6.07, 6.45) is 6.11. The van der Waals surface area contributed by atoms with Gasteiger partial charge in [0.15, 0.2) is 0 Å². The van der Waals surface area contributed by atoms with E-state index in [0.29, 0.717) is 5.91 Å². The molecule has 0 saturated carbocycles. The lowest BCUT2D eigenvalue weighted by molar-refractivity contribution is -0.136. The lowest BCUT2D eigenvalue weighted by Gasteiger charge is -2.39. The SMILES string of the molecule is O=C([C@H]1CC=CC[C@H]1c1nc2ccccc2s1)N1CCN(c2ccccc2)CC1. The van der Waals surface area contributed by atoms with Crippen LogP contribution in [0.25, 0.3) is 10.2 Å². The molecule has 1 aliphatic heterocycles. The highest BCUT2D eigenvalue weighted by Gasteiger charge is 2.35. The van der Waals surface area contributed by atoms with Crippen molar-refractivity contribution >= 4 is 33.1 Å². The fourth-order valence-electron chi connectivity index (χ4n) is 4.47. The van der Waals surface area contributed by atoms with Crippen LogP contribution >= 0.6 is 11.3 Å². The molecular weight excluding hydrogens is 378 g/mol. The lowest BCUT2D eigenvalue weighted by Crippen LogP contribution is -2.51. The first-order valence-electron chi connectivity index (χ1n) is 10.4. The standard InChI is InChI=1S/C24H25N3OS/c28-24(27-16-14-26(15-17-27)18-8-2-1-3-9-18)20-11-5-4-10-19(20)23-25-21-12-6-7-13-22(21)29-23/h1-9,12-13,19-20H,10-11,14-17H2/t19-,20+/m1/s1. The van der Waals surface area contributed by atoms with Crippen molar-refractivity contribution in [2.45, 2.75) is 18.8 Å². The maximum Gasteiger partial charge on any atom is 0.226 e. The topological polar surface area (TPSA) is 36.4 Å². The highest BCUT2D eigenvalue weighted by atomic mass is 32.1. The second kappa shape index (κ2) is 7.99. The number of carbonyl (C=O) groups excluding carboxylic acids is 1. The summed E-state index contributed by atoms with van der Waals surface area (Å²) in [5, 5.41) is 1.11. The zero-order valence-corrected chi connectivity index (χ0v) is 17.2. The van der Waals surface area contributed by atoms with Gasteiger partial charge < -0.3 is 9.80 Å². The molecule has 1 fully saturated rings. The van der Waals surface area contributed by atoms with Gasteiger partial charge in [0.25, 0.3) is 0 Å². The molecule has 4 nitrogen and oxygen atoms in total. The van der Waals surface area contributed by atoms with E-state index in [2.05, 4.69) is 64.4 Å². The highest BCUT2D eigenvalue weighted by molar-refractivity contribution is 7.18. The number of thiazole rings is 1. The van der Waals surface area contributed by atoms with Crippen molar-refractivity contribution in [3.05, 3.63) is 71.8 Å². The summed E-state index contributed by atoms with van der Waals surface area (Å²) in [5.74, 6) is 0.493. The molecule has 0 N–H and O–H groups in total. The summed E-state index contributed by atoms with van der Waals surface area (Å²) in [4.78, 5) is 22.8. The first-order chi connectivity index (χ1) is 14.3. The molecule has 2 atom stereocenters. The molecule has 2 heterocycles. The van der Waals surface area contributed by atoms with E-state index in [1.165, 1.54) is 10.4 Å². The van der Waals surface area contributed by atoms with Gasteiger partial charge in [-0.3, -0.25) is 4.79 Å². The number of benzene rings is 2. The zero-order valence-electron chi connectivity index (χ0n) is 16.4. The number of nitrogens with zero attached hydrogens (tertiary/aromatic N) is 3. The largest absolute Gasteiger partial charge is 0.368 e. The van der Waals surface area contributed by atoms with Gasteiger partial charge in [-0.2, -0.15) is 0 Å². The summed E-state index contributed by atoms with van der Waals surface area (Å²) >= 11 is 1.75. The zero-order chi connectivity index (χ0) is 19.6. The summed E-state index contributed by atoms with van der Waals surface area (Å²) in [5.41, 5.74) is 2.29. The molecular formula is C24H25N3OS. The summed E-state index contributed by atoms with van der Waals surface area (Å²) in [7, 11) is 0. The van der Waals surface area contributed by atoms with Gasteiger partial charge in [0.2, 0.25) is 5.91 Å². The smallest absolute Gasteiger partial charge is 0.226 e. The summed E-state index contributed by atoms with van der Waals surface area (Å²) in [6, 6.07) is 18.7. The first-order valence-corrected chi connectivity index (χ1v) is 11.2. The quantitative estimate of drug-likeness (QED) is 0.595. The molecule has 1 saturated heterocycles. The molecule has 0 unspecified atom stereocenters. The highest BCUT2D eigenvalue weighted by Crippen LogP contribution is 2.39. The molecule has 0 radical (unpaired) electrons. The molecule has 0 spiro atoms. The van der Waals surface area contributed by atoms with Gasteiger partial charge >= 0.3 is 0 Å². The number of hydrogen-bond acceptors (Lipinski definition) is 4. The van der Waals surface area contributed by atoms with E-state index < -0.39 is 0 Å². The van der Waals surface area contributed by atoms with E-state index in [0.717, 1.165) is 49.5 Å². The van der Waals surface area contributed by atoms with Crippen LogP contribution in [0.2, 0.25) is 0 Å². The number of piperazine rings is 1. The molecule has 2 aromatic carbocycles. The van der Waals surface area contributed by atoms with E-state index in [9.17, 15) is 4.79 Å². The third-order valence-corrected chi connectivity index (χ3v) is 7.26. The molecule has 1 aliphatic carbocycles. The van der Waals surface area contributed by atoms with Gasteiger partial charge in [0.1, 0.15) is 0 Å². The average molecular weight is 404 g/mol. The van der Waals surface area contributed by atoms with Crippen LogP contribution in [0.5, 0.6) is 0 Å². The molecule has 1 aromatic heterocycles. The van der Waals surface area contributed by atoms with Gasteiger partial charge in [-0.25, -0.2) is 4.98 Å². The molecule has 5 rings (SSSR count). The van der Waals surface area contributed by atoms with Crippen LogP contribution in [0.15, 0.2) is 66.7 Å². The molecule has 29 heavy (non-hydrogen) atoms. The van der Waals surface area contributed by atoms with E-state index in [4.69, 9.17) is 4.98 Å². The first kappa shape index (κ1) is 18.4. The molecule has 2 aliphatic rings. The van der Waals surface area contributed by atoms with E-state index in [1.807, 2.05) is 12.1 Å². The van der Waals surface area contributed by atoms with Crippen molar-refractivity contribution in [1.82, 2.24) is 9.88 Å². The van der Waals surface area contributed by atoms with Crippen molar-refractivity contribution in [2.24, 2.45) is 5.92 Å². The third-order valence-electron chi connectivity index (χ3n) is 6.09. The van der Waals surface area contributed by atoms with Crippen LogP contribution in [0, 0.1) is 5.92 Å². The van der Waals surface area contributed by atoms with Gasteiger partial charge in [0, 0.05) is 37.8 Å². The Labute approximate surface area is 175 Å². The maximum atomic E-state index is 13.4. The second-order valence-corrected chi connectivity index (χ2v) is 8.89. The van der Waals surface area contributed by atoms with Crippen LogP contribution in [-0.2, 0) is 4.79 Å². The minimum Gasteiger partial charge on any atom is -0.368 e. The maximum absolute atomic E-state index is 13.4. The monoisotopic (exact) mass is 403 g/mol. The van der Waals surface area contributed by atoms with Crippen molar-refractivity contribution in [1.29, 1.82) is 0 Å². The van der Waals surface area contributed by atoms with Gasteiger partial charge in [-0.05, 0) is 37.1 Å². The molecule has 148 valence electrons. The molecule has 0 bridgehead atoms. The normalized spacial score (nSPS) is 22.2. The third kappa shape index (κ3) is 3.67. The van der Waals surface area contributed by atoms with Gasteiger partial charge in [-0.15, -0.1) is 11.3 Å². The van der Waals surface area contributed by atoms with Crippen LogP contribution < -0.4 is 4.90 Å². The fourth-order valence-corrected chi connectivity index (χ4v) is 5.61. The molecule has 5 heteroatoms.